The Hall–Kier alpha value is -1.65. The lowest BCUT2D eigenvalue weighted by Crippen LogP contribution is -2.24. The molecule has 0 saturated carbocycles. The van der Waals surface area contributed by atoms with E-state index in [0.29, 0.717) is 5.70 Å². The van der Waals surface area contributed by atoms with Crippen LogP contribution in [0.5, 0.6) is 0 Å². The maximum Gasteiger partial charge on any atom is 0.332 e. The number of ether oxygens (including phenoxy) is 1. The van der Waals surface area contributed by atoms with Gasteiger partial charge in [0.1, 0.15) is 0 Å². The van der Waals surface area contributed by atoms with Gasteiger partial charge in [0.05, 0.1) is 19.6 Å². The lowest BCUT2D eigenvalue weighted by atomic mass is 10.3. The minimum atomic E-state index is -0.498. The number of likely N-dealkylation sites (tertiary alicyclic amines) is 1. The van der Waals surface area contributed by atoms with Crippen molar-refractivity contribution in [2.24, 2.45) is 0 Å². The van der Waals surface area contributed by atoms with Crippen LogP contribution in [0.4, 0.5) is 0 Å². The van der Waals surface area contributed by atoms with E-state index < -0.39 is 5.97 Å². The number of rotatable bonds is 3. The number of amides is 1. The van der Waals surface area contributed by atoms with Crippen molar-refractivity contribution in [3.8, 4) is 0 Å². The van der Waals surface area contributed by atoms with Crippen LogP contribution in [-0.2, 0) is 19.1 Å². The molecule has 5 heteroatoms. The average Bonchev–Trinajstić information content (AvgIpc) is 2.45. The van der Waals surface area contributed by atoms with Gasteiger partial charge in [-0.25, -0.2) is 4.79 Å². The van der Waals surface area contributed by atoms with E-state index in [1.165, 1.54) is 11.0 Å². The summed E-state index contributed by atoms with van der Waals surface area (Å²) < 4.78 is 4.70. The lowest BCUT2D eigenvalue weighted by Gasteiger charge is -2.14. The molecule has 0 N–H and O–H groups in total. The molecule has 0 aromatic carbocycles. The van der Waals surface area contributed by atoms with E-state index in [9.17, 15) is 14.4 Å². The molecule has 0 radical (unpaired) electrons. The van der Waals surface area contributed by atoms with E-state index >= 15 is 0 Å². The Labute approximate surface area is 87.7 Å². The maximum absolute atomic E-state index is 11.3. The Kier molecular flexibility index (Phi) is 3.60. The summed E-state index contributed by atoms with van der Waals surface area (Å²) in [5.41, 5.74) is 0.448. The van der Waals surface area contributed by atoms with Crippen LogP contribution in [0.1, 0.15) is 20.3 Å². The minimum absolute atomic E-state index is 0.0561. The normalized spacial score (nSPS) is 17.2. The van der Waals surface area contributed by atoms with Crippen LogP contribution in [0.2, 0.25) is 0 Å². The van der Waals surface area contributed by atoms with Gasteiger partial charge in [0.25, 0.3) is 0 Å². The van der Waals surface area contributed by atoms with Crippen molar-refractivity contribution in [2.45, 2.75) is 20.3 Å². The summed E-state index contributed by atoms with van der Waals surface area (Å²) in [5, 5.41) is 0. The fourth-order valence-electron chi connectivity index (χ4n) is 1.34. The molecule has 0 aliphatic carbocycles. The summed E-state index contributed by atoms with van der Waals surface area (Å²) in [7, 11) is 0. The van der Waals surface area contributed by atoms with Crippen LogP contribution >= 0.6 is 0 Å². The van der Waals surface area contributed by atoms with Crippen molar-refractivity contribution < 1.29 is 19.1 Å². The third-order valence-electron chi connectivity index (χ3n) is 2.02. The number of carbonyl (C=O) groups is 3. The molecule has 5 nitrogen and oxygen atoms in total. The first-order valence-electron chi connectivity index (χ1n) is 4.71. The molecule has 0 atom stereocenters. The van der Waals surface area contributed by atoms with Crippen LogP contribution in [0.25, 0.3) is 0 Å². The van der Waals surface area contributed by atoms with Crippen LogP contribution < -0.4 is 0 Å². The standard InChI is InChI=1S/C10H13NO4/c1-3-15-10(14)4-7(2)11-6-8(12)5-9(11)13/h4H,3,5-6H2,1-2H3. The molecule has 0 bridgehead atoms. The predicted octanol–water partition coefficient (Wildman–Crippen LogP) is 0.255. The van der Waals surface area contributed by atoms with Gasteiger partial charge in [-0.2, -0.15) is 0 Å². The van der Waals surface area contributed by atoms with Gasteiger partial charge in [0.2, 0.25) is 5.91 Å². The highest BCUT2D eigenvalue weighted by molar-refractivity contribution is 6.06. The van der Waals surface area contributed by atoms with Crippen molar-refractivity contribution in [1.29, 1.82) is 0 Å². The van der Waals surface area contributed by atoms with E-state index in [2.05, 4.69) is 0 Å². The Morgan fingerprint density at radius 3 is 2.67 bits per heavy atom. The summed E-state index contributed by atoms with van der Waals surface area (Å²) >= 11 is 0. The quantitative estimate of drug-likeness (QED) is 0.381. The first kappa shape index (κ1) is 11.4. The highest BCUT2D eigenvalue weighted by Crippen LogP contribution is 2.13. The number of hydrogen-bond donors (Lipinski definition) is 0. The van der Waals surface area contributed by atoms with Crippen molar-refractivity contribution in [1.82, 2.24) is 4.90 Å². The second-order valence-electron chi connectivity index (χ2n) is 3.23. The monoisotopic (exact) mass is 211 g/mol. The number of allylic oxidation sites excluding steroid dienone is 1. The summed E-state index contributed by atoms with van der Waals surface area (Å²) in [5.74, 6) is -0.892. The molecule has 1 fully saturated rings. The smallest absolute Gasteiger partial charge is 0.332 e. The number of nitrogens with zero attached hydrogens (tertiary/aromatic N) is 1. The largest absolute Gasteiger partial charge is 0.463 e. The zero-order valence-corrected chi connectivity index (χ0v) is 8.78. The SMILES string of the molecule is CCOC(=O)C=C(C)N1CC(=O)CC1=O. The zero-order chi connectivity index (χ0) is 11.4. The molecule has 82 valence electrons. The van der Waals surface area contributed by atoms with E-state index in [0.717, 1.165) is 0 Å². The van der Waals surface area contributed by atoms with Gasteiger partial charge >= 0.3 is 5.97 Å². The highest BCUT2D eigenvalue weighted by Gasteiger charge is 2.28. The van der Waals surface area contributed by atoms with Gasteiger partial charge in [-0.1, -0.05) is 0 Å². The number of esters is 1. The highest BCUT2D eigenvalue weighted by atomic mass is 16.5. The Morgan fingerprint density at radius 2 is 2.20 bits per heavy atom. The molecule has 1 saturated heterocycles. The second-order valence-corrected chi connectivity index (χ2v) is 3.23. The summed E-state index contributed by atoms with van der Waals surface area (Å²) in [4.78, 5) is 34.6. The first-order valence-corrected chi connectivity index (χ1v) is 4.71. The third kappa shape index (κ3) is 2.90. The van der Waals surface area contributed by atoms with E-state index in [1.807, 2.05) is 0 Å². The summed E-state index contributed by atoms with van der Waals surface area (Å²) in [6, 6.07) is 0. The van der Waals surface area contributed by atoms with Crippen LogP contribution in [0.3, 0.4) is 0 Å². The average molecular weight is 211 g/mol. The Balaban J connectivity index is 2.67. The number of Topliss-reactive ketones (excluding diaryl/α,β-unsaturated/α-hetero) is 1. The fraction of sp³-hybridized carbons (Fsp3) is 0.500. The molecule has 0 unspecified atom stereocenters. The van der Waals surface area contributed by atoms with Crippen molar-refractivity contribution in [3.63, 3.8) is 0 Å². The molecule has 1 heterocycles. The Bertz CT molecular complexity index is 332. The van der Waals surface area contributed by atoms with Crippen molar-refractivity contribution in [3.05, 3.63) is 11.8 Å². The first-order chi connectivity index (χ1) is 7.04. The maximum atomic E-state index is 11.3. The van der Waals surface area contributed by atoms with Crippen molar-refractivity contribution >= 4 is 17.7 Å². The molecule has 1 aliphatic heterocycles. The molecular weight excluding hydrogens is 198 g/mol. The second kappa shape index (κ2) is 4.72. The van der Waals surface area contributed by atoms with Crippen molar-refractivity contribution in [2.75, 3.05) is 13.2 Å². The van der Waals surface area contributed by atoms with Crippen LogP contribution in [0.15, 0.2) is 11.8 Å². The van der Waals surface area contributed by atoms with Gasteiger partial charge < -0.3 is 9.64 Å². The predicted molar refractivity (Wildman–Crippen MR) is 51.7 cm³/mol. The topological polar surface area (TPSA) is 63.7 Å². The lowest BCUT2D eigenvalue weighted by molar-refractivity contribution is -0.137. The molecule has 0 aromatic rings. The minimum Gasteiger partial charge on any atom is -0.463 e. The van der Waals surface area contributed by atoms with Gasteiger partial charge in [-0.3, -0.25) is 9.59 Å². The summed E-state index contributed by atoms with van der Waals surface area (Å²) in [6.45, 7) is 3.65. The third-order valence-corrected chi connectivity index (χ3v) is 2.02. The van der Waals surface area contributed by atoms with Gasteiger partial charge in [-0.15, -0.1) is 0 Å². The van der Waals surface area contributed by atoms with Crippen LogP contribution in [0, 0.1) is 0 Å². The van der Waals surface area contributed by atoms with Crippen LogP contribution in [-0.4, -0.2) is 35.7 Å². The molecule has 1 amide bonds. The Morgan fingerprint density at radius 1 is 1.53 bits per heavy atom. The molecular formula is C10H13NO4. The summed E-state index contributed by atoms with van der Waals surface area (Å²) in [6.07, 6.45) is 1.15. The molecule has 0 aromatic heterocycles. The number of ketones is 1. The molecule has 0 spiro atoms. The van der Waals surface area contributed by atoms with Gasteiger partial charge in [0, 0.05) is 11.8 Å². The van der Waals surface area contributed by atoms with Gasteiger partial charge in [-0.05, 0) is 13.8 Å². The fourth-order valence-corrected chi connectivity index (χ4v) is 1.34. The van der Waals surface area contributed by atoms with Gasteiger partial charge in [0.15, 0.2) is 5.78 Å². The molecule has 1 rings (SSSR count). The zero-order valence-electron chi connectivity index (χ0n) is 8.78. The molecule has 1 aliphatic rings. The van der Waals surface area contributed by atoms with E-state index in [1.54, 1.807) is 13.8 Å². The van der Waals surface area contributed by atoms with E-state index in [4.69, 9.17) is 4.74 Å². The molecule has 15 heavy (non-hydrogen) atoms. The number of hydrogen-bond acceptors (Lipinski definition) is 4. The number of carbonyl (C=O) groups excluding carboxylic acids is 3. The van der Waals surface area contributed by atoms with E-state index in [-0.39, 0.29) is 31.3 Å².